The number of carbonyl (C=O) groups excluding carboxylic acids is 3. The van der Waals surface area contributed by atoms with Crippen LogP contribution < -0.4 is 16.8 Å². The van der Waals surface area contributed by atoms with Crippen molar-refractivity contribution in [1.29, 1.82) is 0 Å². The molecule has 0 aliphatic rings. The van der Waals surface area contributed by atoms with Crippen LogP contribution in [0.1, 0.15) is 13.3 Å². The highest BCUT2D eigenvalue weighted by molar-refractivity contribution is 5.87. The van der Waals surface area contributed by atoms with Gasteiger partial charge in [0.2, 0.25) is 11.8 Å². The van der Waals surface area contributed by atoms with Gasteiger partial charge in [-0.25, -0.2) is 4.79 Å². The van der Waals surface area contributed by atoms with Crippen molar-refractivity contribution >= 4 is 17.8 Å². The van der Waals surface area contributed by atoms with Gasteiger partial charge in [-0.2, -0.15) is 0 Å². The number of nitrogens with one attached hydrogen (secondary N) is 1. The van der Waals surface area contributed by atoms with Gasteiger partial charge in [-0.05, 0) is 6.92 Å². The monoisotopic (exact) mass is 243 g/mol. The van der Waals surface area contributed by atoms with Crippen molar-refractivity contribution in [3.05, 3.63) is 12.2 Å². The molecular weight excluding hydrogens is 226 g/mol. The summed E-state index contributed by atoms with van der Waals surface area (Å²) in [6, 6.07) is -0.851. The van der Waals surface area contributed by atoms with Crippen molar-refractivity contribution in [2.24, 2.45) is 11.5 Å². The first-order chi connectivity index (χ1) is 7.84. The maximum absolute atomic E-state index is 11.0. The van der Waals surface area contributed by atoms with Gasteiger partial charge in [-0.3, -0.25) is 9.59 Å². The minimum atomic E-state index is -0.851. The minimum absolute atomic E-state index is 0.0498. The summed E-state index contributed by atoms with van der Waals surface area (Å²) in [6.45, 7) is 5.17. The van der Waals surface area contributed by atoms with E-state index >= 15 is 0 Å². The van der Waals surface area contributed by atoms with E-state index in [4.69, 9.17) is 16.2 Å². The molecule has 0 rings (SSSR count). The van der Waals surface area contributed by atoms with Gasteiger partial charge in [0.1, 0.15) is 6.61 Å². The lowest BCUT2D eigenvalue weighted by Crippen LogP contribution is -2.45. The van der Waals surface area contributed by atoms with Crippen LogP contribution in [0.4, 0.5) is 0 Å². The molecule has 96 valence electrons. The fraction of sp³-hybridized carbons (Fsp3) is 0.500. The molecule has 0 bridgehead atoms. The first-order valence-electron chi connectivity index (χ1n) is 4.98. The Labute approximate surface area is 99.2 Å². The SMILES string of the molecule is C=C(C)C(=O)OCCN[C@@H](CC(N)=O)C(N)=O. The van der Waals surface area contributed by atoms with Crippen molar-refractivity contribution in [2.75, 3.05) is 13.2 Å². The van der Waals surface area contributed by atoms with Crippen LogP contribution in [0.3, 0.4) is 0 Å². The first kappa shape index (κ1) is 15.1. The highest BCUT2D eigenvalue weighted by Crippen LogP contribution is 1.92. The average molecular weight is 243 g/mol. The van der Waals surface area contributed by atoms with Crippen LogP contribution >= 0.6 is 0 Å². The second-order valence-electron chi connectivity index (χ2n) is 3.50. The number of hydrogen-bond donors (Lipinski definition) is 3. The Hall–Kier alpha value is -1.89. The predicted octanol–water partition coefficient (Wildman–Crippen LogP) is -1.58. The van der Waals surface area contributed by atoms with Crippen LogP contribution in [0, 0.1) is 0 Å². The Morgan fingerprint density at radius 1 is 1.35 bits per heavy atom. The van der Waals surface area contributed by atoms with E-state index in [1.165, 1.54) is 6.92 Å². The van der Waals surface area contributed by atoms with Gasteiger partial charge in [-0.1, -0.05) is 6.58 Å². The molecule has 0 heterocycles. The zero-order chi connectivity index (χ0) is 13.4. The normalized spacial score (nSPS) is 11.6. The van der Waals surface area contributed by atoms with Gasteiger partial charge in [0.05, 0.1) is 12.5 Å². The lowest BCUT2D eigenvalue weighted by Gasteiger charge is -2.13. The van der Waals surface area contributed by atoms with E-state index in [1.807, 2.05) is 0 Å². The molecule has 0 spiro atoms. The van der Waals surface area contributed by atoms with Gasteiger partial charge in [0, 0.05) is 12.1 Å². The molecule has 0 aromatic heterocycles. The number of primary amides is 2. The summed E-state index contributed by atoms with van der Waals surface area (Å²) in [5, 5.41) is 2.66. The molecule has 0 unspecified atom stereocenters. The molecule has 0 aromatic carbocycles. The lowest BCUT2D eigenvalue weighted by atomic mass is 10.2. The molecule has 2 amide bonds. The Kier molecular flexibility index (Phi) is 6.57. The Balaban J connectivity index is 3.91. The van der Waals surface area contributed by atoms with E-state index in [1.54, 1.807) is 0 Å². The van der Waals surface area contributed by atoms with E-state index < -0.39 is 23.8 Å². The largest absolute Gasteiger partial charge is 0.461 e. The Morgan fingerprint density at radius 3 is 2.35 bits per heavy atom. The van der Waals surface area contributed by atoms with Gasteiger partial charge < -0.3 is 21.5 Å². The number of esters is 1. The number of nitrogens with two attached hydrogens (primary N) is 2. The summed E-state index contributed by atoms with van der Waals surface area (Å²) in [5.41, 5.74) is 10.3. The topological polar surface area (TPSA) is 125 Å². The van der Waals surface area contributed by atoms with Crippen LogP contribution in [0.5, 0.6) is 0 Å². The van der Waals surface area contributed by atoms with Crippen LogP contribution in [0.2, 0.25) is 0 Å². The summed E-state index contributed by atoms with van der Waals surface area (Å²) in [7, 11) is 0. The second-order valence-corrected chi connectivity index (χ2v) is 3.50. The smallest absolute Gasteiger partial charge is 0.333 e. The highest BCUT2D eigenvalue weighted by Gasteiger charge is 2.17. The third kappa shape index (κ3) is 7.07. The number of ether oxygens (including phenoxy) is 1. The van der Waals surface area contributed by atoms with Crippen molar-refractivity contribution in [3.8, 4) is 0 Å². The second kappa shape index (κ2) is 7.39. The van der Waals surface area contributed by atoms with Crippen LogP contribution in [-0.4, -0.2) is 37.0 Å². The maximum atomic E-state index is 11.0. The van der Waals surface area contributed by atoms with E-state index in [9.17, 15) is 14.4 Å². The van der Waals surface area contributed by atoms with Crippen molar-refractivity contribution < 1.29 is 19.1 Å². The van der Waals surface area contributed by atoms with Crippen molar-refractivity contribution in [3.63, 3.8) is 0 Å². The van der Waals surface area contributed by atoms with E-state index in [-0.39, 0.29) is 25.1 Å². The van der Waals surface area contributed by atoms with Gasteiger partial charge in [0.25, 0.3) is 0 Å². The molecule has 0 aliphatic heterocycles. The zero-order valence-corrected chi connectivity index (χ0v) is 9.69. The Bertz CT molecular complexity index is 328. The number of hydrogen-bond acceptors (Lipinski definition) is 5. The molecule has 1 atom stereocenters. The highest BCUT2D eigenvalue weighted by atomic mass is 16.5. The van der Waals surface area contributed by atoms with Crippen LogP contribution in [0.25, 0.3) is 0 Å². The average Bonchev–Trinajstić information content (AvgIpc) is 2.21. The van der Waals surface area contributed by atoms with Crippen LogP contribution in [-0.2, 0) is 19.1 Å². The maximum Gasteiger partial charge on any atom is 0.333 e. The van der Waals surface area contributed by atoms with Crippen molar-refractivity contribution in [1.82, 2.24) is 5.32 Å². The third-order valence-corrected chi connectivity index (χ3v) is 1.82. The number of amides is 2. The standard InChI is InChI=1S/C10H17N3O4/c1-6(2)10(16)17-4-3-13-7(9(12)15)5-8(11)14/h7,13H,1,3-5H2,2H3,(H2,11,14)(H2,12,15)/t7-/m0/s1. The summed E-state index contributed by atoms with van der Waals surface area (Å²) in [6.07, 6.45) is -0.191. The molecule has 0 radical (unpaired) electrons. The summed E-state index contributed by atoms with van der Waals surface area (Å²) < 4.78 is 4.77. The molecule has 7 heteroatoms. The van der Waals surface area contributed by atoms with E-state index in [2.05, 4.69) is 11.9 Å². The quantitative estimate of drug-likeness (QED) is 0.270. The summed E-state index contributed by atoms with van der Waals surface area (Å²) >= 11 is 0. The molecule has 17 heavy (non-hydrogen) atoms. The van der Waals surface area contributed by atoms with E-state index in [0.717, 1.165) is 0 Å². The molecular formula is C10H17N3O4. The fourth-order valence-electron chi connectivity index (χ4n) is 0.975. The molecule has 0 aromatic rings. The number of rotatable bonds is 8. The molecule has 5 N–H and O–H groups in total. The van der Waals surface area contributed by atoms with Gasteiger partial charge >= 0.3 is 5.97 Å². The predicted molar refractivity (Wildman–Crippen MR) is 60.6 cm³/mol. The number of carbonyl (C=O) groups is 3. The van der Waals surface area contributed by atoms with Crippen molar-refractivity contribution in [2.45, 2.75) is 19.4 Å². The fourth-order valence-corrected chi connectivity index (χ4v) is 0.975. The van der Waals surface area contributed by atoms with Gasteiger partial charge in [-0.15, -0.1) is 0 Å². The lowest BCUT2D eigenvalue weighted by molar-refractivity contribution is -0.138. The zero-order valence-electron chi connectivity index (χ0n) is 9.69. The molecule has 0 aliphatic carbocycles. The van der Waals surface area contributed by atoms with Crippen LogP contribution in [0.15, 0.2) is 12.2 Å². The molecule has 0 fully saturated rings. The Morgan fingerprint density at radius 2 is 1.94 bits per heavy atom. The minimum Gasteiger partial charge on any atom is -0.461 e. The summed E-state index contributed by atoms with van der Waals surface area (Å²) in [5.74, 6) is -1.84. The molecule has 7 nitrogen and oxygen atoms in total. The van der Waals surface area contributed by atoms with Gasteiger partial charge in [0.15, 0.2) is 0 Å². The first-order valence-corrected chi connectivity index (χ1v) is 4.98. The molecule has 0 saturated heterocycles. The van der Waals surface area contributed by atoms with E-state index in [0.29, 0.717) is 0 Å². The molecule has 0 saturated carbocycles. The summed E-state index contributed by atoms with van der Waals surface area (Å²) in [4.78, 5) is 32.5. The third-order valence-electron chi connectivity index (χ3n) is 1.82.